The zero-order chi connectivity index (χ0) is 16.3. The molecule has 0 saturated heterocycles. The van der Waals surface area contributed by atoms with Crippen molar-refractivity contribution in [3.63, 3.8) is 0 Å². The SMILES string of the molecule is Cc1ccc(NC(=O)Nc2ccc(S(N)(=O)=O)cc2)c(F)c1. The first-order valence-electron chi connectivity index (χ1n) is 6.23. The van der Waals surface area contributed by atoms with E-state index in [9.17, 15) is 17.6 Å². The molecule has 0 spiro atoms. The van der Waals surface area contributed by atoms with E-state index in [0.29, 0.717) is 5.69 Å². The molecule has 0 saturated carbocycles. The van der Waals surface area contributed by atoms with Gasteiger partial charge in [-0.05, 0) is 48.9 Å². The van der Waals surface area contributed by atoms with Gasteiger partial charge in [0.25, 0.3) is 0 Å². The molecule has 2 aromatic carbocycles. The molecule has 0 aliphatic heterocycles. The molecule has 0 bridgehead atoms. The highest BCUT2D eigenvalue weighted by Crippen LogP contribution is 2.16. The van der Waals surface area contributed by atoms with E-state index in [4.69, 9.17) is 5.14 Å². The first-order valence-corrected chi connectivity index (χ1v) is 7.77. The van der Waals surface area contributed by atoms with Gasteiger partial charge in [0.2, 0.25) is 10.0 Å². The molecular formula is C14H14FN3O3S. The summed E-state index contributed by atoms with van der Waals surface area (Å²) in [4.78, 5) is 11.7. The summed E-state index contributed by atoms with van der Waals surface area (Å²) in [6.07, 6.45) is 0. The average molecular weight is 323 g/mol. The number of amides is 2. The molecule has 0 unspecified atom stereocenters. The van der Waals surface area contributed by atoms with Gasteiger partial charge < -0.3 is 10.6 Å². The molecule has 0 heterocycles. The lowest BCUT2D eigenvalue weighted by molar-refractivity contribution is 0.262. The van der Waals surface area contributed by atoms with Crippen molar-refractivity contribution in [1.29, 1.82) is 0 Å². The minimum atomic E-state index is -3.78. The van der Waals surface area contributed by atoms with Crippen molar-refractivity contribution < 1.29 is 17.6 Å². The lowest BCUT2D eigenvalue weighted by Crippen LogP contribution is -2.20. The standard InChI is InChI=1S/C14H14FN3O3S/c1-9-2-7-13(12(15)8-9)18-14(19)17-10-3-5-11(6-4-10)22(16,20)21/h2-8H,1H3,(H2,16,20,21)(H2,17,18,19). The number of carbonyl (C=O) groups is 1. The third-order valence-corrected chi connectivity index (χ3v) is 3.74. The lowest BCUT2D eigenvalue weighted by Gasteiger charge is -2.09. The van der Waals surface area contributed by atoms with Crippen LogP contribution in [0.4, 0.5) is 20.6 Å². The number of benzene rings is 2. The summed E-state index contributed by atoms with van der Waals surface area (Å²) >= 11 is 0. The van der Waals surface area contributed by atoms with Crippen LogP contribution >= 0.6 is 0 Å². The van der Waals surface area contributed by atoms with E-state index in [2.05, 4.69) is 10.6 Å². The van der Waals surface area contributed by atoms with E-state index in [1.165, 1.54) is 36.4 Å². The van der Waals surface area contributed by atoms with E-state index in [-0.39, 0.29) is 10.6 Å². The maximum atomic E-state index is 13.6. The van der Waals surface area contributed by atoms with Crippen molar-refractivity contribution in [3.8, 4) is 0 Å². The number of rotatable bonds is 3. The summed E-state index contributed by atoms with van der Waals surface area (Å²) in [5, 5.41) is 9.79. The van der Waals surface area contributed by atoms with Gasteiger partial charge in [-0.25, -0.2) is 22.7 Å². The third-order valence-electron chi connectivity index (χ3n) is 2.81. The van der Waals surface area contributed by atoms with Gasteiger partial charge in [0.15, 0.2) is 0 Å². The maximum Gasteiger partial charge on any atom is 0.323 e. The molecule has 6 nitrogen and oxygen atoms in total. The van der Waals surface area contributed by atoms with Crippen LogP contribution in [0.1, 0.15) is 5.56 Å². The fourth-order valence-corrected chi connectivity index (χ4v) is 2.25. The quantitative estimate of drug-likeness (QED) is 0.808. The molecule has 0 aliphatic rings. The number of nitrogens with two attached hydrogens (primary N) is 1. The van der Waals surface area contributed by atoms with Crippen molar-refractivity contribution in [3.05, 3.63) is 53.8 Å². The van der Waals surface area contributed by atoms with Crippen LogP contribution in [-0.4, -0.2) is 14.4 Å². The van der Waals surface area contributed by atoms with Crippen molar-refractivity contribution in [2.75, 3.05) is 10.6 Å². The van der Waals surface area contributed by atoms with Crippen molar-refractivity contribution >= 4 is 27.4 Å². The topological polar surface area (TPSA) is 101 Å². The van der Waals surface area contributed by atoms with E-state index in [1.807, 2.05) is 0 Å². The highest BCUT2D eigenvalue weighted by atomic mass is 32.2. The van der Waals surface area contributed by atoms with Gasteiger partial charge in [0.1, 0.15) is 5.82 Å². The number of primary sulfonamides is 1. The molecular weight excluding hydrogens is 309 g/mol. The Balaban J connectivity index is 2.06. The van der Waals surface area contributed by atoms with Crippen LogP contribution in [0.25, 0.3) is 0 Å². The number of hydrogen-bond acceptors (Lipinski definition) is 3. The van der Waals surface area contributed by atoms with Crippen LogP contribution in [0.15, 0.2) is 47.4 Å². The summed E-state index contributed by atoms with van der Waals surface area (Å²) in [5.74, 6) is -0.542. The molecule has 0 fully saturated rings. The smallest absolute Gasteiger partial charge is 0.308 e. The van der Waals surface area contributed by atoms with Gasteiger partial charge in [-0.1, -0.05) is 6.07 Å². The fraction of sp³-hybridized carbons (Fsp3) is 0.0714. The zero-order valence-corrected chi connectivity index (χ0v) is 12.4. The number of carbonyl (C=O) groups excluding carboxylic acids is 1. The second kappa shape index (κ2) is 6.12. The molecule has 0 atom stereocenters. The molecule has 22 heavy (non-hydrogen) atoms. The number of sulfonamides is 1. The molecule has 2 rings (SSSR count). The van der Waals surface area contributed by atoms with Crippen LogP contribution in [0.2, 0.25) is 0 Å². The molecule has 0 radical (unpaired) electrons. The highest BCUT2D eigenvalue weighted by Gasteiger charge is 2.09. The van der Waals surface area contributed by atoms with Crippen LogP contribution in [0.5, 0.6) is 0 Å². The Kier molecular flexibility index (Phi) is 4.43. The average Bonchev–Trinajstić information content (AvgIpc) is 2.41. The Morgan fingerprint density at radius 1 is 1.09 bits per heavy atom. The van der Waals surface area contributed by atoms with Crippen molar-refractivity contribution in [2.24, 2.45) is 5.14 Å². The second-order valence-electron chi connectivity index (χ2n) is 4.63. The normalized spacial score (nSPS) is 11.0. The summed E-state index contributed by atoms with van der Waals surface area (Å²) < 4.78 is 35.8. The minimum absolute atomic E-state index is 0.0456. The van der Waals surface area contributed by atoms with Gasteiger partial charge >= 0.3 is 6.03 Å². The van der Waals surface area contributed by atoms with Gasteiger partial charge in [-0.3, -0.25) is 0 Å². The molecule has 8 heteroatoms. The summed E-state index contributed by atoms with van der Waals surface area (Å²) in [7, 11) is -3.78. The van der Waals surface area contributed by atoms with Gasteiger partial charge in [-0.2, -0.15) is 0 Å². The first kappa shape index (κ1) is 15.9. The summed E-state index contributed by atoms with van der Waals surface area (Å²) in [5.41, 5.74) is 1.13. The van der Waals surface area contributed by atoms with E-state index in [1.54, 1.807) is 13.0 Å². The molecule has 2 aromatic rings. The van der Waals surface area contributed by atoms with Crippen molar-refractivity contribution in [2.45, 2.75) is 11.8 Å². The number of halogens is 1. The largest absolute Gasteiger partial charge is 0.323 e. The predicted octanol–water partition coefficient (Wildman–Crippen LogP) is 2.43. The number of hydrogen-bond donors (Lipinski definition) is 3. The molecule has 0 aliphatic carbocycles. The number of aryl methyl sites for hydroxylation is 1. The first-order chi connectivity index (χ1) is 10.3. The van der Waals surface area contributed by atoms with Gasteiger partial charge in [-0.15, -0.1) is 0 Å². The lowest BCUT2D eigenvalue weighted by atomic mass is 10.2. The Morgan fingerprint density at radius 2 is 1.73 bits per heavy atom. The predicted molar refractivity (Wildman–Crippen MR) is 81.6 cm³/mol. The van der Waals surface area contributed by atoms with Crippen molar-refractivity contribution in [1.82, 2.24) is 0 Å². The van der Waals surface area contributed by atoms with E-state index < -0.39 is 21.9 Å². The molecule has 116 valence electrons. The van der Waals surface area contributed by atoms with E-state index >= 15 is 0 Å². The fourth-order valence-electron chi connectivity index (χ4n) is 1.73. The maximum absolute atomic E-state index is 13.6. The monoisotopic (exact) mass is 323 g/mol. The molecule has 2 amide bonds. The van der Waals surface area contributed by atoms with Crippen LogP contribution in [0, 0.1) is 12.7 Å². The Labute approximate surface area is 127 Å². The Morgan fingerprint density at radius 3 is 2.27 bits per heavy atom. The number of anilines is 2. The highest BCUT2D eigenvalue weighted by molar-refractivity contribution is 7.89. The van der Waals surface area contributed by atoms with Crippen LogP contribution in [0.3, 0.4) is 0 Å². The number of urea groups is 1. The summed E-state index contributed by atoms with van der Waals surface area (Å²) in [6.45, 7) is 1.74. The third kappa shape index (κ3) is 4.03. The molecule has 4 N–H and O–H groups in total. The number of nitrogens with one attached hydrogen (secondary N) is 2. The second-order valence-corrected chi connectivity index (χ2v) is 6.19. The Hall–Kier alpha value is -2.45. The van der Waals surface area contributed by atoms with Crippen LogP contribution in [-0.2, 0) is 10.0 Å². The molecule has 0 aromatic heterocycles. The van der Waals surface area contributed by atoms with Crippen LogP contribution < -0.4 is 15.8 Å². The van der Waals surface area contributed by atoms with E-state index in [0.717, 1.165) is 5.56 Å². The van der Waals surface area contributed by atoms with Gasteiger partial charge in [0, 0.05) is 5.69 Å². The Bertz CT molecular complexity index is 805. The van der Waals surface area contributed by atoms with Gasteiger partial charge in [0.05, 0.1) is 10.6 Å². The summed E-state index contributed by atoms with van der Waals surface area (Å²) in [6, 6.07) is 9.06. The minimum Gasteiger partial charge on any atom is -0.308 e. The zero-order valence-electron chi connectivity index (χ0n) is 11.6.